The highest BCUT2D eigenvalue weighted by atomic mass is 16.2. The van der Waals surface area contributed by atoms with Crippen molar-refractivity contribution in [1.82, 2.24) is 10.2 Å². The fourth-order valence-corrected chi connectivity index (χ4v) is 0.939. The van der Waals surface area contributed by atoms with Crippen molar-refractivity contribution >= 4 is 5.91 Å². The number of likely N-dealkylation sites (N-methyl/N-ethyl adjacent to an activating group) is 1. The van der Waals surface area contributed by atoms with E-state index < -0.39 is 0 Å². The van der Waals surface area contributed by atoms with Crippen molar-refractivity contribution in [2.75, 3.05) is 26.7 Å². The molecular weight excluding hydrogens is 178 g/mol. The highest BCUT2D eigenvalue weighted by molar-refractivity contribution is 5.77. The molecule has 4 nitrogen and oxygen atoms in total. The van der Waals surface area contributed by atoms with Crippen LogP contribution in [0.15, 0.2) is 0 Å². The summed E-state index contributed by atoms with van der Waals surface area (Å²) in [6, 6.07) is 2.05. The van der Waals surface area contributed by atoms with Gasteiger partial charge in [-0.25, -0.2) is 0 Å². The molecule has 0 bridgehead atoms. The molecule has 0 aliphatic carbocycles. The first-order valence-corrected chi connectivity index (χ1v) is 4.88. The molecule has 0 heterocycles. The van der Waals surface area contributed by atoms with Gasteiger partial charge in [0.25, 0.3) is 0 Å². The van der Waals surface area contributed by atoms with E-state index in [1.54, 1.807) is 0 Å². The molecule has 0 rings (SSSR count). The number of nitrogens with zero attached hydrogens (tertiary/aromatic N) is 2. The molecule has 0 aliphatic rings. The summed E-state index contributed by atoms with van der Waals surface area (Å²) in [5.41, 5.74) is 0. The molecule has 1 amide bonds. The van der Waals surface area contributed by atoms with Crippen LogP contribution >= 0.6 is 0 Å². The highest BCUT2D eigenvalue weighted by Crippen LogP contribution is 1.89. The Hall–Kier alpha value is -1.08. The summed E-state index contributed by atoms with van der Waals surface area (Å²) in [7, 11) is 1.84. The molecule has 0 spiro atoms. The van der Waals surface area contributed by atoms with E-state index in [0.29, 0.717) is 32.0 Å². The molecule has 4 heteroatoms. The van der Waals surface area contributed by atoms with Crippen molar-refractivity contribution in [2.45, 2.75) is 20.3 Å². The zero-order valence-corrected chi connectivity index (χ0v) is 9.21. The minimum absolute atomic E-state index is 0.0270. The molecule has 1 N–H and O–H groups in total. The van der Waals surface area contributed by atoms with Gasteiger partial charge in [0.2, 0.25) is 5.91 Å². The molecule has 80 valence electrons. The Balaban J connectivity index is 3.56. The number of nitriles is 1. The van der Waals surface area contributed by atoms with Crippen molar-refractivity contribution in [1.29, 1.82) is 5.26 Å². The van der Waals surface area contributed by atoms with Gasteiger partial charge in [0, 0.05) is 19.5 Å². The molecular formula is C10H19N3O. The first kappa shape index (κ1) is 12.9. The van der Waals surface area contributed by atoms with E-state index in [-0.39, 0.29) is 5.91 Å². The SMILES string of the molecule is CC(C)CNC(=O)CN(C)CCC#N. The average molecular weight is 197 g/mol. The topological polar surface area (TPSA) is 56.1 Å². The number of nitrogens with one attached hydrogen (secondary N) is 1. The summed E-state index contributed by atoms with van der Waals surface area (Å²) in [5, 5.41) is 11.2. The monoisotopic (exact) mass is 197 g/mol. The lowest BCUT2D eigenvalue weighted by atomic mass is 10.2. The number of hydrogen-bond acceptors (Lipinski definition) is 3. The first-order chi connectivity index (χ1) is 6.56. The van der Waals surface area contributed by atoms with E-state index in [4.69, 9.17) is 5.26 Å². The summed E-state index contributed by atoms with van der Waals surface area (Å²) < 4.78 is 0. The second kappa shape index (κ2) is 7.34. The van der Waals surface area contributed by atoms with Crippen LogP contribution in [0.1, 0.15) is 20.3 Å². The molecule has 14 heavy (non-hydrogen) atoms. The summed E-state index contributed by atoms with van der Waals surface area (Å²) in [6.45, 7) is 5.84. The molecule has 0 atom stereocenters. The lowest BCUT2D eigenvalue weighted by Gasteiger charge is -2.15. The lowest BCUT2D eigenvalue weighted by molar-refractivity contribution is -0.122. The molecule has 0 saturated heterocycles. The standard InChI is InChI=1S/C10H19N3O/c1-9(2)7-12-10(14)8-13(3)6-4-5-11/h9H,4,6-8H2,1-3H3,(H,12,14). The van der Waals surface area contributed by atoms with Crippen molar-refractivity contribution in [3.63, 3.8) is 0 Å². The van der Waals surface area contributed by atoms with Gasteiger partial charge in [-0.1, -0.05) is 13.8 Å². The van der Waals surface area contributed by atoms with Gasteiger partial charge in [-0.15, -0.1) is 0 Å². The van der Waals surface area contributed by atoms with Gasteiger partial charge >= 0.3 is 0 Å². The van der Waals surface area contributed by atoms with Gasteiger partial charge in [-0.3, -0.25) is 9.69 Å². The number of carbonyl (C=O) groups is 1. The fourth-order valence-electron chi connectivity index (χ4n) is 0.939. The van der Waals surface area contributed by atoms with Gasteiger partial charge in [-0.2, -0.15) is 5.26 Å². The van der Waals surface area contributed by atoms with E-state index in [9.17, 15) is 4.79 Å². The minimum atomic E-state index is 0.0270. The van der Waals surface area contributed by atoms with Gasteiger partial charge in [0.05, 0.1) is 12.6 Å². The summed E-state index contributed by atoms with van der Waals surface area (Å²) in [5.74, 6) is 0.502. The Bertz CT molecular complexity index is 208. The van der Waals surface area contributed by atoms with Crippen molar-refractivity contribution in [3.05, 3.63) is 0 Å². The number of carbonyl (C=O) groups excluding carboxylic acids is 1. The summed E-state index contributed by atoms with van der Waals surface area (Å²) >= 11 is 0. The largest absolute Gasteiger partial charge is 0.355 e. The quantitative estimate of drug-likeness (QED) is 0.678. The third kappa shape index (κ3) is 7.56. The van der Waals surface area contributed by atoms with Crippen LogP contribution in [0.2, 0.25) is 0 Å². The zero-order chi connectivity index (χ0) is 11.0. The maximum Gasteiger partial charge on any atom is 0.234 e. The number of rotatable bonds is 6. The van der Waals surface area contributed by atoms with Crippen LogP contribution in [0.3, 0.4) is 0 Å². The molecule has 0 aromatic heterocycles. The molecule has 0 aliphatic heterocycles. The molecule has 0 aromatic carbocycles. The fraction of sp³-hybridized carbons (Fsp3) is 0.800. The van der Waals surface area contributed by atoms with E-state index >= 15 is 0 Å². The van der Waals surface area contributed by atoms with Crippen LogP contribution in [-0.2, 0) is 4.79 Å². The van der Waals surface area contributed by atoms with Gasteiger partial charge in [-0.05, 0) is 13.0 Å². The highest BCUT2D eigenvalue weighted by Gasteiger charge is 2.05. The lowest BCUT2D eigenvalue weighted by Crippen LogP contribution is -2.37. The predicted octanol–water partition coefficient (Wildman–Crippen LogP) is 0.604. The number of hydrogen-bond donors (Lipinski definition) is 1. The van der Waals surface area contributed by atoms with Crippen molar-refractivity contribution in [3.8, 4) is 6.07 Å². The first-order valence-electron chi connectivity index (χ1n) is 4.88. The molecule has 0 saturated carbocycles. The van der Waals surface area contributed by atoms with Crippen LogP contribution in [0, 0.1) is 17.2 Å². The third-order valence-electron chi connectivity index (χ3n) is 1.73. The van der Waals surface area contributed by atoms with Gasteiger partial charge < -0.3 is 5.32 Å². The maximum atomic E-state index is 11.3. The average Bonchev–Trinajstić information content (AvgIpc) is 2.11. The molecule has 0 radical (unpaired) electrons. The Morgan fingerprint density at radius 2 is 2.21 bits per heavy atom. The molecule has 0 unspecified atom stereocenters. The van der Waals surface area contributed by atoms with Gasteiger partial charge in [0.15, 0.2) is 0 Å². The van der Waals surface area contributed by atoms with Crippen LogP contribution in [0.5, 0.6) is 0 Å². The van der Waals surface area contributed by atoms with E-state index in [1.807, 2.05) is 18.0 Å². The van der Waals surface area contributed by atoms with Crippen LogP contribution < -0.4 is 5.32 Å². The Morgan fingerprint density at radius 1 is 1.57 bits per heavy atom. The van der Waals surface area contributed by atoms with Crippen molar-refractivity contribution in [2.24, 2.45) is 5.92 Å². The Kier molecular flexibility index (Phi) is 6.77. The Morgan fingerprint density at radius 3 is 2.71 bits per heavy atom. The third-order valence-corrected chi connectivity index (χ3v) is 1.73. The van der Waals surface area contributed by atoms with E-state index in [0.717, 1.165) is 0 Å². The van der Waals surface area contributed by atoms with Crippen LogP contribution in [-0.4, -0.2) is 37.5 Å². The minimum Gasteiger partial charge on any atom is -0.355 e. The van der Waals surface area contributed by atoms with Gasteiger partial charge in [0.1, 0.15) is 0 Å². The number of amides is 1. The smallest absolute Gasteiger partial charge is 0.234 e. The second-order valence-corrected chi connectivity index (χ2v) is 3.84. The van der Waals surface area contributed by atoms with Crippen LogP contribution in [0.25, 0.3) is 0 Å². The second-order valence-electron chi connectivity index (χ2n) is 3.84. The Labute approximate surface area is 85.9 Å². The molecule has 0 aromatic rings. The predicted molar refractivity (Wildman–Crippen MR) is 55.6 cm³/mol. The maximum absolute atomic E-state index is 11.3. The van der Waals surface area contributed by atoms with E-state index in [1.165, 1.54) is 0 Å². The van der Waals surface area contributed by atoms with E-state index in [2.05, 4.69) is 19.2 Å². The zero-order valence-electron chi connectivity index (χ0n) is 9.21. The van der Waals surface area contributed by atoms with Crippen LogP contribution in [0.4, 0.5) is 0 Å². The molecule has 0 fully saturated rings. The van der Waals surface area contributed by atoms with Crippen molar-refractivity contribution < 1.29 is 4.79 Å². The summed E-state index contributed by atoms with van der Waals surface area (Å²) in [6.07, 6.45) is 0.466. The normalized spacial score (nSPS) is 10.3. The summed E-state index contributed by atoms with van der Waals surface area (Å²) in [4.78, 5) is 13.1.